The lowest BCUT2D eigenvalue weighted by Crippen LogP contribution is -2.19. The van der Waals surface area contributed by atoms with Crippen LogP contribution in [0.2, 0.25) is 0 Å². The quantitative estimate of drug-likeness (QED) is 0.710. The minimum atomic E-state index is -0.319. The van der Waals surface area contributed by atoms with Crippen LogP contribution in [0.5, 0.6) is 0 Å². The molecule has 0 N–H and O–H groups in total. The van der Waals surface area contributed by atoms with Gasteiger partial charge in [0.1, 0.15) is 0 Å². The van der Waals surface area contributed by atoms with Crippen molar-refractivity contribution in [2.24, 2.45) is 4.99 Å². The number of carbonyl (C=O) groups excluding carboxylic acids is 1. The van der Waals surface area contributed by atoms with E-state index in [1.165, 1.54) is 22.5 Å². The number of benzene rings is 2. The van der Waals surface area contributed by atoms with Gasteiger partial charge in [-0.25, -0.2) is 0 Å². The van der Waals surface area contributed by atoms with Gasteiger partial charge in [0.2, 0.25) is 0 Å². The van der Waals surface area contributed by atoms with Crippen molar-refractivity contribution < 1.29 is 9.53 Å². The second-order valence-corrected chi connectivity index (χ2v) is 7.05. The standard InChI is InChI=1S/C20H19N3O2S/c1-13-10-17-18(11-14(13)2)26-20(23(17)8-9-25-3)22-19(24)16-6-4-15(12-21)5-7-16/h4-7,10-11H,8-9H2,1-3H3. The molecular weight excluding hydrogens is 346 g/mol. The first-order chi connectivity index (χ1) is 12.5. The molecule has 2 aromatic carbocycles. The smallest absolute Gasteiger partial charge is 0.279 e. The Morgan fingerprint density at radius 3 is 2.58 bits per heavy atom. The highest BCUT2D eigenvalue weighted by atomic mass is 32.1. The fourth-order valence-electron chi connectivity index (χ4n) is 2.64. The molecular formula is C20H19N3O2S. The zero-order valence-electron chi connectivity index (χ0n) is 14.9. The van der Waals surface area contributed by atoms with Gasteiger partial charge in [-0.2, -0.15) is 10.3 Å². The molecule has 0 saturated heterocycles. The number of hydrogen-bond donors (Lipinski definition) is 0. The van der Waals surface area contributed by atoms with E-state index < -0.39 is 0 Å². The molecule has 1 aromatic heterocycles. The average molecular weight is 365 g/mol. The van der Waals surface area contributed by atoms with Gasteiger partial charge in [-0.15, -0.1) is 0 Å². The van der Waals surface area contributed by atoms with E-state index in [1.807, 2.05) is 10.6 Å². The largest absolute Gasteiger partial charge is 0.383 e. The minimum absolute atomic E-state index is 0.319. The second kappa shape index (κ2) is 7.65. The summed E-state index contributed by atoms with van der Waals surface area (Å²) in [6, 6.07) is 12.8. The Labute approximate surface area is 155 Å². The van der Waals surface area contributed by atoms with Crippen LogP contribution in [0, 0.1) is 25.2 Å². The fraction of sp³-hybridized carbons (Fsp3) is 0.250. The first-order valence-corrected chi connectivity index (χ1v) is 9.04. The Bertz CT molecular complexity index is 1070. The molecule has 0 spiro atoms. The van der Waals surface area contributed by atoms with E-state index in [2.05, 4.69) is 31.0 Å². The minimum Gasteiger partial charge on any atom is -0.383 e. The van der Waals surface area contributed by atoms with Crippen LogP contribution in [0.3, 0.4) is 0 Å². The lowest BCUT2D eigenvalue weighted by molar-refractivity contribution is 0.0997. The van der Waals surface area contributed by atoms with E-state index in [9.17, 15) is 4.79 Å². The summed E-state index contributed by atoms with van der Waals surface area (Å²) in [5, 5.41) is 8.87. The normalized spacial score (nSPS) is 11.7. The molecule has 0 radical (unpaired) electrons. The van der Waals surface area contributed by atoms with Crippen molar-refractivity contribution >= 4 is 27.5 Å². The maximum Gasteiger partial charge on any atom is 0.279 e. The van der Waals surface area contributed by atoms with Gasteiger partial charge in [0.25, 0.3) is 5.91 Å². The molecule has 132 valence electrons. The number of thiazole rings is 1. The maximum atomic E-state index is 12.6. The van der Waals surface area contributed by atoms with Crippen molar-refractivity contribution in [1.29, 1.82) is 5.26 Å². The molecule has 26 heavy (non-hydrogen) atoms. The summed E-state index contributed by atoms with van der Waals surface area (Å²) >= 11 is 1.50. The summed E-state index contributed by atoms with van der Waals surface area (Å²) in [4.78, 5) is 17.6. The Kier molecular flexibility index (Phi) is 5.31. The molecule has 0 unspecified atom stereocenters. The SMILES string of the molecule is COCCn1c(=NC(=O)c2ccc(C#N)cc2)sc2cc(C)c(C)cc21. The van der Waals surface area contributed by atoms with E-state index in [4.69, 9.17) is 10.00 Å². The van der Waals surface area contributed by atoms with E-state index in [-0.39, 0.29) is 5.91 Å². The highest BCUT2D eigenvalue weighted by molar-refractivity contribution is 7.16. The Morgan fingerprint density at radius 2 is 1.92 bits per heavy atom. The molecule has 1 heterocycles. The van der Waals surface area contributed by atoms with E-state index in [0.29, 0.717) is 29.1 Å². The molecule has 5 nitrogen and oxygen atoms in total. The number of hydrogen-bond acceptors (Lipinski definition) is 4. The lowest BCUT2D eigenvalue weighted by atomic mass is 10.1. The molecule has 3 rings (SSSR count). The van der Waals surface area contributed by atoms with Crippen LogP contribution in [0.25, 0.3) is 10.2 Å². The Morgan fingerprint density at radius 1 is 1.23 bits per heavy atom. The molecule has 1 amide bonds. The number of nitriles is 1. The number of rotatable bonds is 4. The molecule has 0 saturated carbocycles. The maximum absolute atomic E-state index is 12.6. The van der Waals surface area contributed by atoms with Gasteiger partial charge < -0.3 is 9.30 Å². The number of aryl methyl sites for hydroxylation is 2. The number of amides is 1. The number of carbonyl (C=O) groups is 1. The van der Waals surface area contributed by atoms with Gasteiger partial charge in [0.05, 0.1) is 28.5 Å². The van der Waals surface area contributed by atoms with Gasteiger partial charge in [-0.05, 0) is 61.4 Å². The second-order valence-electron chi connectivity index (χ2n) is 6.04. The number of aromatic nitrogens is 1. The highest BCUT2D eigenvalue weighted by Gasteiger charge is 2.11. The summed E-state index contributed by atoms with van der Waals surface area (Å²) in [5.74, 6) is -0.319. The van der Waals surface area contributed by atoms with Crippen LogP contribution in [0.4, 0.5) is 0 Å². The van der Waals surface area contributed by atoms with E-state index in [0.717, 1.165) is 10.2 Å². The van der Waals surface area contributed by atoms with Crippen molar-refractivity contribution in [3.8, 4) is 6.07 Å². The zero-order chi connectivity index (χ0) is 18.7. The zero-order valence-corrected chi connectivity index (χ0v) is 15.8. The molecule has 0 aliphatic heterocycles. The van der Waals surface area contributed by atoms with Gasteiger partial charge in [-0.3, -0.25) is 4.79 Å². The third kappa shape index (κ3) is 3.59. The highest BCUT2D eigenvalue weighted by Crippen LogP contribution is 2.22. The number of methoxy groups -OCH3 is 1. The predicted octanol–water partition coefficient (Wildman–Crippen LogP) is 3.58. The van der Waals surface area contributed by atoms with Crippen molar-refractivity contribution in [2.75, 3.05) is 13.7 Å². The topological polar surface area (TPSA) is 67.4 Å². The predicted molar refractivity (Wildman–Crippen MR) is 102 cm³/mol. The Balaban J connectivity index is 2.10. The third-order valence-corrected chi connectivity index (χ3v) is 5.32. The first kappa shape index (κ1) is 18.1. The van der Waals surface area contributed by atoms with E-state index in [1.54, 1.807) is 31.4 Å². The number of nitrogens with zero attached hydrogens (tertiary/aromatic N) is 3. The van der Waals surface area contributed by atoms with Crippen molar-refractivity contribution in [3.05, 3.63) is 63.5 Å². The molecule has 0 aliphatic carbocycles. The van der Waals surface area contributed by atoms with Crippen molar-refractivity contribution in [1.82, 2.24) is 4.57 Å². The molecule has 0 fully saturated rings. The van der Waals surface area contributed by atoms with Crippen molar-refractivity contribution in [3.63, 3.8) is 0 Å². The summed E-state index contributed by atoms with van der Waals surface area (Å²) in [6.45, 7) is 5.31. The summed E-state index contributed by atoms with van der Waals surface area (Å²) in [6.07, 6.45) is 0. The van der Waals surface area contributed by atoms with Gasteiger partial charge >= 0.3 is 0 Å². The Hall–Kier alpha value is -2.75. The van der Waals surface area contributed by atoms with Gasteiger partial charge in [0.15, 0.2) is 4.80 Å². The summed E-state index contributed by atoms with van der Waals surface area (Å²) in [7, 11) is 1.66. The molecule has 6 heteroatoms. The molecule has 3 aromatic rings. The van der Waals surface area contributed by atoms with Crippen LogP contribution in [-0.4, -0.2) is 24.2 Å². The third-order valence-electron chi connectivity index (χ3n) is 4.28. The van der Waals surface area contributed by atoms with Gasteiger partial charge in [0, 0.05) is 19.2 Å². The lowest BCUT2D eigenvalue weighted by Gasteiger charge is -2.06. The summed E-state index contributed by atoms with van der Waals surface area (Å²) in [5.41, 5.74) is 4.45. The monoisotopic (exact) mass is 365 g/mol. The van der Waals surface area contributed by atoms with Crippen molar-refractivity contribution in [2.45, 2.75) is 20.4 Å². The molecule has 0 bridgehead atoms. The van der Waals surface area contributed by atoms with E-state index >= 15 is 0 Å². The summed E-state index contributed by atoms with van der Waals surface area (Å²) < 4.78 is 8.33. The fourth-order valence-corrected chi connectivity index (χ4v) is 3.78. The average Bonchev–Trinajstić information content (AvgIpc) is 2.96. The van der Waals surface area contributed by atoms with Crippen LogP contribution < -0.4 is 4.80 Å². The molecule has 0 aliphatic rings. The van der Waals surface area contributed by atoms with Gasteiger partial charge in [-0.1, -0.05) is 11.3 Å². The van der Waals surface area contributed by atoms with Crippen LogP contribution in [0.1, 0.15) is 27.0 Å². The van der Waals surface area contributed by atoms with Crippen LogP contribution >= 0.6 is 11.3 Å². The number of fused-ring (bicyclic) bond motifs is 1. The van der Waals surface area contributed by atoms with Crippen LogP contribution in [-0.2, 0) is 11.3 Å². The molecule has 0 atom stereocenters. The number of ether oxygens (including phenoxy) is 1. The van der Waals surface area contributed by atoms with Crippen LogP contribution in [0.15, 0.2) is 41.4 Å². The first-order valence-electron chi connectivity index (χ1n) is 8.22.